The van der Waals surface area contributed by atoms with E-state index in [-0.39, 0.29) is 16.8 Å². The Balaban J connectivity index is 1.59. The molecule has 2 saturated heterocycles. The number of sulfonamides is 1. The topological polar surface area (TPSA) is 66.9 Å². The monoisotopic (exact) mass is 414 g/mol. The molecule has 1 atom stereocenters. The van der Waals surface area contributed by atoms with Gasteiger partial charge in [-0.2, -0.15) is 4.31 Å². The van der Waals surface area contributed by atoms with Crippen molar-refractivity contribution in [3.05, 3.63) is 65.2 Å². The number of hydrogen-bond donors (Lipinski definition) is 0. The lowest BCUT2D eigenvalue weighted by Gasteiger charge is -2.27. The summed E-state index contributed by atoms with van der Waals surface area (Å²) in [5, 5.41) is 0. The molecule has 0 aromatic heterocycles. The molecule has 0 spiro atoms. The molecule has 0 saturated carbocycles. The second-order valence-corrected chi connectivity index (χ2v) is 9.55. The molecule has 6 nitrogen and oxygen atoms in total. The number of hydrogen-bond acceptors (Lipinski definition) is 4. The van der Waals surface area contributed by atoms with Gasteiger partial charge in [0.25, 0.3) is 5.91 Å². The summed E-state index contributed by atoms with van der Waals surface area (Å²) in [6.45, 7) is 4.18. The predicted molar refractivity (Wildman–Crippen MR) is 110 cm³/mol. The van der Waals surface area contributed by atoms with Crippen LogP contribution in [-0.4, -0.2) is 56.4 Å². The van der Waals surface area contributed by atoms with Gasteiger partial charge in [-0.1, -0.05) is 35.9 Å². The van der Waals surface area contributed by atoms with Gasteiger partial charge < -0.3 is 9.64 Å². The number of carbonyl (C=O) groups is 1. The highest BCUT2D eigenvalue weighted by Crippen LogP contribution is 2.33. The number of aryl methyl sites for hydroxylation is 1. The van der Waals surface area contributed by atoms with Crippen molar-refractivity contribution in [2.24, 2.45) is 0 Å². The second-order valence-electron chi connectivity index (χ2n) is 7.61. The summed E-state index contributed by atoms with van der Waals surface area (Å²) in [6, 6.07) is 14.7. The molecule has 0 unspecified atom stereocenters. The van der Waals surface area contributed by atoms with Crippen molar-refractivity contribution >= 4 is 15.9 Å². The zero-order valence-corrected chi connectivity index (χ0v) is 17.4. The maximum Gasteiger partial charge on any atom is 0.254 e. The van der Waals surface area contributed by atoms with Crippen LogP contribution in [0, 0.1) is 6.92 Å². The Labute approximate surface area is 172 Å². The minimum Gasteiger partial charge on any atom is -0.379 e. The van der Waals surface area contributed by atoms with Gasteiger partial charge in [0.1, 0.15) is 0 Å². The molecule has 1 amide bonds. The number of nitrogens with zero attached hydrogens (tertiary/aromatic N) is 2. The molecule has 0 radical (unpaired) electrons. The molecule has 0 N–H and O–H groups in total. The molecule has 2 aromatic rings. The molecule has 29 heavy (non-hydrogen) atoms. The lowest BCUT2D eigenvalue weighted by molar-refractivity contribution is 0.0727. The van der Waals surface area contributed by atoms with Crippen LogP contribution in [0.3, 0.4) is 0 Å². The van der Waals surface area contributed by atoms with Crippen molar-refractivity contribution < 1.29 is 17.9 Å². The molecular weight excluding hydrogens is 388 g/mol. The van der Waals surface area contributed by atoms with Crippen LogP contribution in [0.25, 0.3) is 0 Å². The number of carbonyl (C=O) groups excluding carboxylic acids is 1. The standard InChI is InChI=1S/C22H26N2O4S/c1-17-7-9-18(10-8-17)21-6-3-11-24(21)22(25)19-4-2-5-20(16-19)29(26,27)23-12-14-28-15-13-23/h2,4-5,7-10,16,21H,3,6,11-15H2,1H3/t21-/m1/s1. The maximum absolute atomic E-state index is 13.3. The molecule has 2 fully saturated rings. The lowest BCUT2D eigenvalue weighted by atomic mass is 10.0. The van der Waals surface area contributed by atoms with E-state index in [1.54, 1.807) is 18.2 Å². The molecule has 154 valence electrons. The normalized spacial score (nSPS) is 20.7. The summed E-state index contributed by atoms with van der Waals surface area (Å²) in [7, 11) is -3.63. The third-order valence-corrected chi connectivity index (χ3v) is 7.56. The van der Waals surface area contributed by atoms with Crippen molar-refractivity contribution in [2.45, 2.75) is 30.7 Å². The average molecular weight is 415 g/mol. The molecule has 2 aromatic carbocycles. The van der Waals surface area contributed by atoms with E-state index in [0.717, 1.165) is 18.4 Å². The molecular formula is C22H26N2O4S. The molecule has 4 rings (SSSR count). The molecule has 0 bridgehead atoms. The Morgan fingerprint density at radius 2 is 1.76 bits per heavy atom. The number of benzene rings is 2. The highest BCUT2D eigenvalue weighted by molar-refractivity contribution is 7.89. The van der Waals surface area contributed by atoms with Gasteiger partial charge in [-0.25, -0.2) is 8.42 Å². The summed E-state index contributed by atoms with van der Waals surface area (Å²) in [5.74, 6) is -0.118. The van der Waals surface area contributed by atoms with Crippen molar-refractivity contribution in [3.8, 4) is 0 Å². The fourth-order valence-corrected chi connectivity index (χ4v) is 5.49. The van der Waals surface area contributed by atoms with Gasteiger partial charge >= 0.3 is 0 Å². The summed E-state index contributed by atoms with van der Waals surface area (Å²) in [5.41, 5.74) is 2.72. The van der Waals surface area contributed by atoms with Crippen molar-refractivity contribution in [1.82, 2.24) is 9.21 Å². The first-order valence-corrected chi connectivity index (χ1v) is 11.5. The van der Waals surface area contributed by atoms with Gasteiger partial charge in [0.15, 0.2) is 0 Å². The molecule has 7 heteroatoms. The predicted octanol–water partition coefficient (Wildman–Crippen LogP) is 2.99. The van der Waals surface area contributed by atoms with E-state index in [2.05, 4.69) is 24.3 Å². The third-order valence-electron chi connectivity index (χ3n) is 5.66. The summed E-state index contributed by atoms with van der Waals surface area (Å²) in [6.07, 6.45) is 1.86. The van der Waals surface area contributed by atoms with Crippen LogP contribution in [0.4, 0.5) is 0 Å². The number of likely N-dealkylation sites (tertiary alicyclic amines) is 1. The van der Waals surface area contributed by atoms with E-state index in [0.29, 0.717) is 38.4 Å². The summed E-state index contributed by atoms with van der Waals surface area (Å²) >= 11 is 0. The van der Waals surface area contributed by atoms with Crippen LogP contribution < -0.4 is 0 Å². The number of ether oxygens (including phenoxy) is 1. The van der Waals surface area contributed by atoms with Crippen LogP contribution in [0.5, 0.6) is 0 Å². The number of amides is 1. The lowest BCUT2D eigenvalue weighted by Crippen LogP contribution is -2.40. The molecule has 2 aliphatic rings. The van der Waals surface area contributed by atoms with Crippen molar-refractivity contribution in [2.75, 3.05) is 32.8 Å². The van der Waals surface area contributed by atoms with Crippen LogP contribution in [0.15, 0.2) is 53.4 Å². The zero-order chi connectivity index (χ0) is 20.4. The quantitative estimate of drug-likeness (QED) is 0.771. The Bertz CT molecular complexity index is 982. The molecule has 2 aliphatic heterocycles. The van der Waals surface area contributed by atoms with E-state index in [4.69, 9.17) is 4.74 Å². The van der Waals surface area contributed by atoms with E-state index in [1.807, 2.05) is 11.8 Å². The second kappa shape index (κ2) is 8.26. The third kappa shape index (κ3) is 4.08. The SMILES string of the molecule is Cc1ccc([C@H]2CCCN2C(=O)c2cccc(S(=O)(=O)N3CCOCC3)c2)cc1. The highest BCUT2D eigenvalue weighted by atomic mass is 32.2. The van der Waals surface area contributed by atoms with Gasteiger partial charge in [-0.3, -0.25) is 4.79 Å². The van der Waals surface area contributed by atoms with E-state index >= 15 is 0 Å². The van der Waals surface area contributed by atoms with Gasteiger partial charge in [0.05, 0.1) is 24.2 Å². The number of morpholine rings is 1. The Hall–Kier alpha value is -2.22. The molecule has 0 aliphatic carbocycles. The van der Waals surface area contributed by atoms with Gasteiger partial charge in [-0.05, 0) is 43.5 Å². The first-order valence-electron chi connectivity index (χ1n) is 10.0. The van der Waals surface area contributed by atoms with Crippen LogP contribution in [0.2, 0.25) is 0 Å². The van der Waals surface area contributed by atoms with Gasteiger partial charge in [-0.15, -0.1) is 0 Å². The van der Waals surface area contributed by atoms with Gasteiger partial charge in [0.2, 0.25) is 10.0 Å². The Kier molecular flexibility index (Phi) is 5.72. The van der Waals surface area contributed by atoms with E-state index in [1.165, 1.54) is 15.9 Å². The average Bonchev–Trinajstić information content (AvgIpc) is 3.24. The van der Waals surface area contributed by atoms with Crippen LogP contribution >= 0.6 is 0 Å². The summed E-state index contributed by atoms with van der Waals surface area (Å²) < 4.78 is 32.6. The van der Waals surface area contributed by atoms with E-state index < -0.39 is 10.0 Å². The minimum atomic E-state index is -3.63. The highest BCUT2D eigenvalue weighted by Gasteiger charge is 2.32. The summed E-state index contributed by atoms with van der Waals surface area (Å²) in [4.78, 5) is 15.3. The first kappa shape index (κ1) is 20.1. The number of rotatable bonds is 4. The van der Waals surface area contributed by atoms with Crippen molar-refractivity contribution in [1.29, 1.82) is 0 Å². The molecule has 2 heterocycles. The minimum absolute atomic E-state index is 0.0302. The Morgan fingerprint density at radius 3 is 2.48 bits per heavy atom. The van der Waals surface area contributed by atoms with Crippen LogP contribution in [-0.2, 0) is 14.8 Å². The van der Waals surface area contributed by atoms with Gasteiger partial charge in [0, 0.05) is 25.2 Å². The van der Waals surface area contributed by atoms with E-state index in [9.17, 15) is 13.2 Å². The first-order chi connectivity index (χ1) is 14.0. The Morgan fingerprint density at radius 1 is 1.03 bits per heavy atom. The maximum atomic E-state index is 13.3. The fourth-order valence-electron chi connectivity index (χ4n) is 4.04. The largest absolute Gasteiger partial charge is 0.379 e. The van der Waals surface area contributed by atoms with Crippen molar-refractivity contribution in [3.63, 3.8) is 0 Å². The zero-order valence-electron chi connectivity index (χ0n) is 16.6. The van der Waals surface area contributed by atoms with Crippen LogP contribution in [0.1, 0.15) is 40.4 Å². The fraction of sp³-hybridized carbons (Fsp3) is 0.409. The smallest absolute Gasteiger partial charge is 0.254 e.